The highest BCUT2D eigenvalue weighted by atomic mass is 15.6. The van der Waals surface area contributed by atoms with Crippen LogP contribution in [0.4, 0.5) is 0 Å². The normalized spacial score (nSPS) is 24.0. The molecule has 0 amide bonds. The van der Waals surface area contributed by atoms with E-state index in [0.29, 0.717) is 5.54 Å². The van der Waals surface area contributed by atoms with Crippen molar-refractivity contribution in [3.63, 3.8) is 0 Å². The molecule has 2 heteroatoms. The highest BCUT2D eigenvalue weighted by molar-refractivity contribution is 4.77. The van der Waals surface area contributed by atoms with Gasteiger partial charge in [0.2, 0.25) is 0 Å². The fraction of sp³-hybridized carbons (Fsp3) is 1.00. The van der Waals surface area contributed by atoms with Crippen molar-refractivity contribution in [1.82, 2.24) is 10.0 Å². The van der Waals surface area contributed by atoms with Gasteiger partial charge in [-0.1, -0.05) is 0 Å². The Bertz CT molecular complexity index is 115. The predicted molar refractivity (Wildman–Crippen MR) is 43.7 cm³/mol. The lowest BCUT2D eigenvalue weighted by atomic mass is 10.1. The van der Waals surface area contributed by atoms with Crippen molar-refractivity contribution in [2.45, 2.75) is 32.7 Å². The van der Waals surface area contributed by atoms with Crippen molar-refractivity contribution >= 4 is 0 Å². The van der Waals surface area contributed by atoms with Crippen LogP contribution in [0.25, 0.3) is 0 Å². The molecule has 0 aliphatic carbocycles. The van der Waals surface area contributed by atoms with E-state index in [2.05, 4.69) is 37.8 Å². The van der Waals surface area contributed by atoms with Gasteiger partial charge in [-0.05, 0) is 27.2 Å². The van der Waals surface area contributed by atoms with E-state index < -0.39 is 0 Å². The molecule has 10 heavy (non-hydrogen) atoms. The number of rotatable bonds is 0. The fourth-order valence-corrected chi connectivity index (χ4v) is 1.59. The van der Waals surface area contributed by atoms with E-state index in [1.54, 1.807) is 0 Å². The zero-order valence-electron chi connectivity index (χ0n) is 7.52. The summed E-state index contributed by atoms with van der Waals surface area (Å²) in [6.45, 7) is 9.22. The zero-order valence-corrected chi connectivity index (χ0v) is 7.52. The van der Waals surface area contributed by atoms with Crippen LogP contribution in [0.5, 0.6) is 0 Å². The third-order valence-electron chi connectivity index (χ3n) is 2.04. The molecule has 0 aromatic rings. The van der Waals surface area contributed by atoms with Gasteiger partial charge in [0, 0.05) is 25.7 Å². The Balaban J connectivity index is 2.55. The van der Waals surface area contributed by atoms with Crippen LogP contribution in [0.15, 0.2) is 0 Å². The molecular formula is C8H18N2. The molecule has 1 heterocycles. The average molecular weight is 142 g/mol. The SMILES string of the molecule is CN1CCCN1C(C)(C)C. The van der Waals surface area contributed by atoms with Crippen LogP contribution >= 0.6 is 0 Å². The van der Waals surface area contributed by atoms with Crippen LogP contribution in [0.1, 0.15) is 27.2 Å². The van der Waals surface area contributed by atoms with E-state index >= 15 is 0 Å². The van der Waals surface area contributed by atoms with Crippen molar-refractivity contribution in [3.05, 3.63) is 0 Å². The number of hydrogen-bond acceptors (Lipinski definition) is 2. The summed E-state index contributed by atoms with van der Waals surface area (Å²) in [6.07, 6.45) is 1.31. The lowest BCUT2D eigenvalue weighted by molar-refractivity contribution is -0.0269. The molecule has 0 atom stereocenters. The summed E-state index contributed by atoms with van der Waals surface area (Å²) in [7, 11) is 2.16. The molecule has 1 rings (SSSR count). The largest absolute Gasteiger partial charge is 0.244 e. The van der Waals surface area contributed by atoms with Crippen molar-refractivity contribution < 1.29 is 0 Å². The summed E-state index contributed by atoms with van der Waals surface area (Å²) < 4.78 is 0. The summed E-state index contributed by atoms with van der Waals surface area (Å²) in [4.78, 5) is 0. The number of hydrogen-bond donors (Lipinski definition) is 0. The monoisotopic (exact) mass is 142 g/mol. The second-order valence-electron chi connectivity index (χ2n) is 4.03. The minimum atomic E-state index is 0.311. The standard InChI is InChI=1S/C8H18N2/c1-8(2,3)10-7-5-6-9(10)4/h5-7H2,1-4H3. The van der Waals surface area contributed by atoms with Gasteiger partial charge in [-0.2, -0.15) is 0 Å². The molecule has 1 aliphatic heterocycles. The summed E-state index contributed by atoms with van der Waals surface area (Å²) >= 11 is 0. The smallest absolute Gasteiger partial charge is 0.0272 e. The van der Waals surface area contributed by atoms with Gasteiger partial charge in [0.25, 0.3) is 0 Å². The lowest BCUT2D eigenvalue weighted by Gasteiger charge is -2.36. The molecule has 1 fully saturated rings. The molecule has 0 spiro atoms. The summed E-state index contributed by atoms with van der Waals surface area (Å²) in [5.41, 5.74) is 0.311. The van der Waals surface area contributed by atoms with Crippen molar-refractivity contribution in [2.75, 3.05) is 20.1 Å². The Morgan fingerprint density at radius 2 is 1.70 bits per heavy atom. The summed E-state index contributed by atoms with van der Waals surface area (Å²) in [5.74, 6) is 0. The van der Waals surface area contributed by atoms with E-state index in [0.717, 1.165) is 0 Å². The van der Waals surface area contributed by atoms with Gasteiger partial charge in [-0.3, -0.25) is 0 Å². The van der Waals surface area contributed by atoms with Crippen LogP contribution in [-0.2, 0) is 0 Å². The predicted octanol–water partition coefficient (Wildman–Crippen LogP) is 1.34. The molecule has 0 unspecified atom stereocenters. The third-order valence-corrected chi connectivity index (χ3v) is 2.04. The second kappa shape index (κ2) is 2.51. The second-order valence-corrected chi connectivity index (χ2v) is 4.03. The average Bonchev–Trinajstić information content (AvgIpc) is 2.11. The Morgan fingerprint density at radius 3 is 1.90 bits per heavy atom. The number of nitrogens with zero attached hydrogens (tertiary/aromatic N) is 2. The third kappa shape index (κ3) is 1.50. The fourth-order valence-electron chi connectivity index (χ4n) is 1.59. The van der Waals surface area contributed by atoms with Gasteiger partial charge in [-0.25, -0.2) is 10.0 Å². The van der Waals surface area contributed by atoms with E-state index in [-0.39, 0.29) is 0 Å². The lowest BCUT2D eigenvalue weighted by Crippen LogP contribution is -2.46. The van der Waals surface area contributed by atoms with Crippen LogP contribution < -0.4 is 0 Å². The molecular weight excluding hydrogens is 124 g/mol. The van der Waals surface area contributed by atoms with E-state index in [1.165, 1.54) is 19.5 Å². The molecule has 0 aromatic heterocycles. The molecule has 0 N–H and O–H groups in total. The Kier molecular flexibility index (Phi) is 2.02. The molecule has 0 bridgehead atoms. The molecule has 1 saturated heterocycles. The summed E-state index contributed by atoms with van der Waals surface area (Å²) in [6, 6.07) is 0. The maximum atomic E-state index is 2.42. The maximum Gasteiger partial charge on any atom is 0.0272 e. The molecule has 1 aliphatic rings. The Hall–Kier alpha value is -0.0800. The van der Waals surface area contributed by atoms with Gasteiger partial charge >= 0.3 is 0 Å². The highest BCUT2D eigenvalue weighted by Gasteiger charge is 2.28. The van der Waals surface area contributed by atoms with Crippen LogP contribution in [-0.4, -0.2) is 35.7 Å². The van der Waals surface area contributed by atoms with Gasteiger partial charge in [0.1, 0.15) is 0 Å². The van der Waals surface area contributed by atoms with E-state index in [9.17, 15) is 0 Å². The molecule has 0 aromatic carbocycles. The Labute approximate surface area is 63.8 Å². The zero-order chi connectivity index (χ0) is 7.78. The van der Waals surface area contributed by atoms with Crippen LogP contribution in [0, 0.1) is 0 Å². The van der Waals surface area contributed by atoms with Gasteiger partial charge in [0.15, 0.2) is 0 Å². The van der Waals surface area contributed by atoms with Gasteiger partial charge in [0.05, 0.1) is 0 Å². The van der Waals surface area contributed by atoms with Crippen molar-refractivity contribution in [3.8, 4) is 0 Å². The first-order valence-corrected chi connectivity index (χ1v) is 4.00. The molecule has 60 valence electrons. The minimum Gasteiger partial charge on any atom is -0.244 e. The first-order chi connectivity index (χ1) is 4.52. The minimum absolute atomic E-state index is 0.311. The maximum absolute atomic E-state index is 2.42. The van der Waals surface area contributed by atoms with Gasteiger partial charge < -0.3 is 0 Å². The molecule has 2 nitrogen and oxygen atoms in total. The van der Waals surface area contributed by atoms with Crippen molar-refractivity contribution in [2.24, 2.45) is 0 Å². The molecule has 0 saturated carbocycles. The van der Waals surface area contributed by atoms with Crippen molar-refractivity contribution in [1.29, 1.82) is 0 Å². The van der Waals surface area contributed by atoms with E-state index in [1.807, 2.05) is 0 Å². The quantitative estimate of drug-likeness (QED) is 0.503. The molecule has 0 radical (unpaired) electrons. The topological polar surface area (TPSA) is 6.48 Å². The first-order valence-electron chi connectivity index (χ1n) is 4.00. The van der Waals surface area contributed by atoms with E-state index in [4.69, 9.17) is 0 Å². The number of hydrazine groups is 1. The van der Waals surface area contributed by atoms with Crippen LogP contribution in [0.2, 0.25) is 0 Å². The highest BCUT2D eigenvalue weighted by Crippen LogP contribution is 2.19. The first kappa shape index (κ1) is 8.02. The summed E-state index contributed by atoms with van der Waals surface area (Å²) in [5, 5.41) is 4.74. The van der Waals surface area contributed by atoms with Gasteiger partial charge in [-0.15, -0.1) is 0 Å². The Morgan fingerprint density at radius 1 is 1.10 bits per heavy atom. The van der Waals surface area contributed by atoms with Crippen LogP contribution in [0.3, 0.4) is 0 Å².